The minimum absolute atomic E-state index is 0.0929. The number of rotatable bonds is 8. The molecule has 0 aliphatic carbocycles. The summed E-state index contributed by atoms with van der Waals surface area (Å²) in [6, 6.07) is 14.3. The fraction of sp³-hybridized carbons (Fsp3) is 0.233. The van der Waals surface area contributed by atoms with Gasteiger partial charge in [-0.3, -0.25) is 19.7 Å². The van der Waals surface area contributed by atoms with Gasteiger partial charge in [-0.2, -0.15) is 0 Å². The van der Waals surface area contributed by atoms with Gasteiger partial charge in [0.15, 0.2) is 0 Å². The molecular formula is C30H31ClN6O3. The molecule has 0 radical (unpaired) electrons. The van der Waals surface area contributed by atoms with Gasteiger partial charge in [0.25, 0.3) is 0 Å². The molecule has 1 atom stereocenters. The van der Waals surface area contributed by atoms with Crippen LogP contribution in [-0.2, 0) is 11.4 Å². The number of phenols is 1. The number of carbonyl (C=O) groups excluding carboxylic acids is 1. The lowest BCUT2D eigenvalue weighted by molar-refractivity contribution is -0.112. The first kappa shape index (κ1) is 27.2. The summed E-state index contributed by atoms with van der Waals surface area (Å²) >= 11 is 6.50. The highest BCUT2D eigenvalue weighted by atomic mass is 35.5. The van der Waals surface area contributed by atoms with Gasteiger partial charge in [0.05, 0.1) is 39.5 Å². The summed E-state index contributed by atoms with van der Waals surface area (Å²) < 4.78 is 5.82. The maximum absolute atomic E-state index is 12.7. The number of hydrogen-bond donors (Lipinski definition) is 4. The van der Waals surface area contributed by atoms with Crippen molar-refractivity contribution in [2.24, 2.45) is 0 Å². The van der Waals surface area contributed by atoms with Gasteiger partial charge in [0.2, 0.25) is 5.91 Å². The monoisotopic (exact) mass is 558 g/mol. The molecule has 1 saturated heterocycles. The van der Waals surface area contributed by atoms with E-state index in [2.05, 4.69) is 32.5 Å². The van der Waals surface area contributed by atoms with Crippen LogP contribution in [0.15, 0.2) is 73.1 Å². The summed E-state index contributed by atoms with van der Waals surface area (Å²) in [6.07, 6.45) is 9.98. The van der Waals surface area contributed by atoms with E-state index in [-0.39, 0.29) is 23.4 Å². The number of piperidine rings is 1. The van der Waals surface area contributed by atoms with Crippen molar-refractivity contribution in [1.82, 2.24) is 14.9 Å². The summed E-state index contributed by atoms with van der Waals surface area (Å²) in [6.45, 7) is 1.30. The number of likely N-dealkylation sites (tertiary alicyclic amines) is 1. The number of benzene rings is 2. The van der Waals surface area contributed by atoms with E-state index in [4.69, 9.17) is 22.1 Å². The molecule has 9 nitrogen and oxygen atoms in total. The van der Waals surface area contributed by atoms with Gasteiger partial charge in [-0.15, -0.1) is 0 Å². The average molecular weight is 559 g/mol. The third-order valence-electron chi connectivity index (χ3n) is 6.87. The summed E-state index contributed by atoms with van der Waals surface area (Å²) in [5, 5.41) is 17.7. The number of amides is 1. The molecule has 1 fully saturated rings. The number of nitrogens with two attached hydrogens (primary N) is 1. The number of fused-ring (bicyclic) bond motifs is 1. The number of nitrogen functional groups attached to an aromatic ring is 1. The van der Waals surface area contributed by atoms with Crippen molar-refractivity contribution in [2.75, 3.05) is 30.0 Å². The lowest BCUT2D eigenvalue weighted by Crippen LogP contribution is -2.34. The number of carbonyl (C=O) groups is 1. The number of aromatic hydroxyl groups is 1. The second-order valence-electron chi connectivity index (χ2n) is 9.75. The zero-order valence-corrected chi connectivity index (χ0v) is 22.9. The molecule has 5 rings (SSSR count). The highest BCUT2D eigenvalue weighted by molar-refractivity contribution is 6.32. The molecule has 1 unspecified atom stereocenters. The predicted octanol–water partition coefficient (Wildman–Crippen LogP) is 5.87. The molecule has 206 valence electrons. The molecule has 0 bridgehead atoms. The number of aromatic nitrogens is 2. The van der Waals surface area contributed by atoms with Crippen LogP contribution in [0.2, 0.25) is 5.02 Å². The van der Waals surface area contributed by atoms with Crippen LogP contribution in [0, 0.1) is 0 Å². The Morgan fingerprint density at radius 1 is 1.23 bits per heavy atom. The van der Waals surface area contributed by atoms with E-state index in [1.54, 1.807) is 24.4 Å². The van der Waals surface area contributed by atoms with Crippen LogP contribution in [0.25, 0.3) is 10.9 Å². The normalized spacial score (nSPS) is 15.8. The SMILES string of the molecule is CN1CCCCC1/C=C/C(=O)Nc1cc2c(Nc3ccc(OCc4ccccn4)c(Cl)c3)c(N)cnc2cc1O. The van der Waals surface area contributed by atoms with Crippen LogP contribution in [0.5, 0.6) is 11.5 Å². The lowest BCUT2D eigenvalue weighted by atomic mass is 10.0. The third kappa shape index (κ3) is 6.44. The lowest BCUT2D eigenvalue weighted by Gasteiger charge is -2.30. The Hall–Kier alpha value is -4.34. The van der Waals surface area contributed by atoms with Gasteiger partial charge in [0.1, 0.15) is 18.1 Å². The summed E-state index contributed by atoms with van der Waals surface area (Å²) in [4.78, 5) is 23.5. The van der Waals surface area contributed by atoms with Crippen molar-refractivity contribution in [3.05, 3.63) is 83.8 Å². The van der Waals surface area contributed by atoms with Crippen LogP contribution in [-0.4, -0.2) is 45.5 Å². The van der Waals surface area contributed by atoms with Gasteiger partial charge in [0, 0.05) is 35.5 Å². The van der Waals surface area contributed by atoms with Gasteiger partial charge in [-0.05, 0) is 62.8 Å². The number of halogens is 1. The Kier molecular flexibility index (Phi) is 8.33. The molecular weight excluding hydrogens is 528 g/mol. The Morgan fingerprint density at radius 3 is 2.88 bits per heavy atom. The predicted molar refractivity (Wildman–Crippen MR) is 159 cm³/mol. The van der Waals surface area contributed by atoms with Crippen molar-refractivity contribution >= 4 is 51.2 Å². The van der Waals surface area contributed by atoms with Crippen molar-refractivity contribution in [3.8, 4) is 11.5 Å². The van der Waals surface area contributed by atoms with Gasteiger partial charge >= 0.3 is 0 Å². The molecule has 2 aromatic carbocycles. The van der Waals surface area contributed by atoms with Crippen molar-refractivity contribution in [3.63, 3.8) is 0 Å². The van der Waals surface area contributed by atoms with Crippen molar-refractivity contribution < 1.29 is 14.6 Å². The van der Waals surface area contributed by atoms with Crippen molar-refractivity contribution in [2.45, 2.75) is 31.9 Å². The second kappa shape index (κ2) is 12.2. The standard InChI is InChI=1S/C30H31ClN6O3/c1-37-13-5-3-7-21(37)9-11-29(39)36-26-15-22-25(16-27(26)38)34-17-24(32)30(22)35-19-8-10-28(23(31)14-19)40-18-20-6-2-4-12-33-20/h2,4,6,8-12,14-17,21,38H,3,5,7,13,18,32H2,1H3,(H,34,35)(H,36,39)/b11-9+. The quantitative estimate of drug-likeness (QED) is 0.156. The third-order valence-corrected chi connectivity index (χ3v) is 7.17. The average Bonchev–Trinajstić information content (AvgIpc) is 2.95. The zero-order valence-electron chi connectivity index (χ0n) is 22.1. The largest absolute Gasteiger partial charge is 0.506 e. The highest BCUT2D eigenvalue weighted by Gasteiger charge is 2.17. The first-order valence-corrected chi connectivity index (χ1v) is 13.4. The number of ether oxygens (including phenoxy) is 1. The minimum atomic E-state index is -0.326. The van der Waals surface area contributed by atoms with E-state index in [1.807, 2.05) is 30.3 Å². The van der Waals surface area contributed by atoms with Crippen LogP contribution in [0.1, 0.15) is 25.0 Å². The molecule has 1 amide bonds. The number of nitrogens with zero attached hydrogens (tertiary/aromatic N) is 3. The first-order valence-electron chi connectivity index (χ1n) is 13.1. The first-order chi connectivity index (χ1) is 19.4. The highest BCUT2D eigenvalue weighted by Crippen LogP contribution is 2.38. The van der Waals surface area contributed by atoms with Gasteiger partial charge in [-0.25, -0.2) is 0 Å². The summed E-state index contributed by atoms with van der Waals surface area (Å²) in [5.41, 5.74) is 9.48. The summed E-state index contributed by atoms with van der Waals surface area (Å²) in [7, 11) is 2.06. The maximum Gasteiger partial charge on any atom is 0.248 e. The van der Waals surface area contributed by atoms with Crippen LogP contribution < -0.4 is 21.1 Å². The Morgan fingerprint density at radius 2 is 2.10 bits per heavy atom. The van der Waals surface area contributed by atoms with Crippen molar-refractivity contribution in [1.29, 1.82) is 0 Å². The number of likely N-dealkylation sites (N-methyl/N-ethyl adjacent to an activating group) is 1. The zero-order chi connectivity index (χ0) is 28.1. The van der Waals surface area contributed by atoms with E-state index in [0.717, 1.165) is 25.1 Å². The minimum Gasteiger partial charge on any atom is -0.506 e. The number of anilines is 4. The van der Waals surface area contributed by atoms with E-state index >= 15 is 0 Å². The van der Waals surface area contributed by atoms with Gasteiger partial charge in [-0.1, -0.05) is 30.2 Å². The van der Waals surface area contributed by atoms with Crippen LogP contribution in [0.3, 0.4) is 0 Å². The molecule has 1 aliphatic rings. The topological polar surface area (TPSA) is 126 Å². The van der Waals surface area contributed by atoms with Crippen LogP contribution in [0.4, 0.5) is 22.7 Å². The van der Waals surface area contributed by atoms with E-state index in [9.17, 15) is 9.90 Å². The molecule has 0 spiro atoms. The fourth-order valence-electron chi connectivity index (χ4n) is 4.68. The molecule has 2 aromatic heterocycles. The molecule has 1 aliphatic heterocycles. The number of nitrogens with one attached hydrogen (secondary N) is 2. The number of pyridine rings is 2. The van der Waals surface area contributed by atoms with E-state index in [1.165, 1.54) is 24.8 Å². The van der Waals surface area contributed by atoms with E-state index < -0.39 is 0 Å². The number of phenolic OH excluding ortho intramolecular Hbond substituents is 1. The Bertz CT molecular complexity index is 1550. The van der Waals surface area contributed by atoms with E-state index in [0.29, 0.717) is 45.3 Å². The molecule has 10 heteroatoms. The fourth-order valence-corrected chi connectivity index (χ4v) is 4.91. The molecule has 5 N–H and O–H groups in total. The Balaban J connectivity index is 1.34. The maximum atomic E-state index is 12.7. The number of hydrogen-bond acceptors (Lipinski definition) is 8. The smallest absolute Gasteiger partial charge is 0.248 e. The molecule has 0 saturated carbocycles. The van der Waals surface area contributed by atoms with Gasteiger partial charge < -0.3 is 26.2 Å². The van der Waals surface area contributed by atoms with Crippen LogP contribution >= 0.6 is 11.6 Å². The Labute approximate surface area is 237 Å². The molecule has 40 heavy (non-hydrogen) atoms. The second-order valence-corrected chi connectivity index (χ2v) is 10.2. The molecule has 3 heterocycles. The molecule has 4 aromatic rings. The summed E-state index contributed by atoms with van der Waals surface area (Å²) in [5.74, 6) is 0.102.